The van der Waals surface area contributed by atoms with Gasteiger partial charge in [-0.1, -0.05) is 24.9 Å². The molecule has 1 heterocycles. The minimum absolute atomic E-state index is 0.119. The maximum atomic E-state index is 12.3. The Bertz CT molecular complexity index is 591. The molecule has 1 atom stereocenters. The molecule has 0 spiro atoms. The van der Waals surface area contributed by atoms with E-state index in [9.17, 15) is 21.6 Å². The first-order chi connectivity index (χ1) is 9.55. The Kier molecular flexibility index (Phi) is 6.01. The van der Waals surface area contributed by atoms with Crippen LogP contribution in [0.1, 0.15) is 25.3 Å². The Labute approximate surface area is 126 Å². The van der Waals surface area contributed by atoms with Gasteiger partial charge in [0.15, 0.2) is 0 Å². The summed E-state index contributed by atoms with van der Waals surface area (Å²) in [5.74, 6) is -0.805. The van der Waals surface area contributed by atoms with Crippen molar-refractivity contribution in [2.75, 3.05) is 6.54 Å². The molecule has 120 valence electrons. The van der Waals surface area contributed by atoms with Crippen molar-refractivity contribution in [3.8, 4) is 0 Å². The minimum atomic E-state index is -4.31. The summed E-state index contributed by atoms with van der Waals surface area (Å²) in [5.41, 5.74) is 0.474. The third-order valence-corrected chi connectivity index (χ3v) is 4.75. The lowest BCUT2D eigenvalue weighted by Gasteiger charge is -2.17. The minimum Gasteiger partial charge on any atom is -0.243 e. The molecule has 0 amide bonds. The van der Waals surface area contributed by atoms with Crippen LogP contribution >= 0.6 is 11.6 Å². The molecule has 1 aromatic heterocycles. The van der Waals surface area contributed by atoms with Gasteiger partial charge in [-0.3, -0.25) is 0 Å². The van der Waals surface area contributed by atoms with Gasteiger partial charge in [0.05, 0.1) is 0 Å². The largest absolute Gasteiger partial charge is 0.389 e. The molecule has 0 radical (unpaired) electrons. The molecule has 1 aromatic rings. The maximum Gasteiger partial charge on any atom is 0.389 e. The van der Waals surface area contributed by atoms with Gasteiger partial charge in [0.25, 0.3) is 0 Å². The molecule has 4 nitrogen and oxygen atoms in total. The number of aryl methyl sites for hydroxylation is 1. The van der Waals surface area contributed by atoms with Gasteiger partial charge in [-0.2, -0.15) is 13.2 Å². The summed E-state index contributed by atoms with van der Waals surface area (Å²) in [6.45, 7) is 2.89. The van der Waals surface area contributed by atoms with Gasteiger partial charge >= 0.3 is 6.18 Å². The third kappa shape index (κ3) is 5.80. The number of pyridine rings is 1. The van der Waals surface area contributed by atoms with E-state index < -0.39 is 28.5 Å². The van der Waals surface area contributed by atoms with Gasteiger partial charge in [0, 0.05) is 19.2 Å². The predicted molar refractivity (Wildman–Crippen MR) is 73.6 cm³/mol. The molecule has 1 N–H and O–H groups in total. The summed E-state index contributed by atoms with van der Waals surface area (Å²) in [7, 11) is -3.90. The van der Waals surface area contributed by atoms with E-state index in [1.807, 2.05) is 0 Å². The monoisotopic (exact) mass is 344 g/mol. The van der Waals surface area contributed by atoms with E-state index in [0.717, 1.165) is 6.20 Å². The summed E-state index contributed by atoms with van der Waals surface area (Å²) in [6.07, 6.45) is -4.04. The molecule has 0 saturated carbocycles. The second-order valence-corrected chi connectivity index (χ2v) is 6.85. The highest BCUT2D eigenvalue weighted by Crippen LogP contribution is 2.26. The average Bonchev–Trinajstić information content (AvgIpc) is 2.36. The maximum absolute atomic E-state index is 12.3. The van der Waals surface area contributed by atoms with E-state index in [1.54, 1.807) is 13.8 Å². The molecule has 9 heteroatoms. The number of alkyl halides is 3. The Morgan fingerprint density at radius 2 is 2.05 bits per heavy atom. The van der Waals surface area contributed by atoms with Crippen molar-refractivity contribution in [3.05, 3.63) is 23.0 Å². The zero-order valence-electron chi connectivity index (χ0n) is 11.5. The number of sulfonamides is 1. The first-order valence-electron chi connectivity index (χ1n) is 6.23. The number of hydrogen-bond donors (Lipinski definition) is 1. The van der Waals surface area contributed by atoms with Crippen molar-refractivity contribution in [2.45, 2.75) is 37.8 Å². The van der Waals surface area contributed by atoms with Gasteiger partial charge in [-0.25, -0.2) is 18.1 Å². The number of nitrogens with one attached hydrogen (secondary N) is 1. The lowest BCUT2D eigenvalue weighted by Crippen LogP contribution is -2.31. The molecule has 0 bridgehead atoms. The van der Waals surface area contributed by atoms with E-state index >= 15 is 0 Å². The zero-order chi connectivity index (χ0) is 16.3. The highest BCUT2D eigenvalue weighted by molar-refractivity contribution is 7.89. The molecule has 0 fully saturated rings. The summed E-state index contributed by atoms with van der Waals surface area (Å²) >= 11 is 5.70. The van der Waals surface area contributed by atoms with E-state index in [2.05, 4.69) is 9.71 Å². The van der Waals surface area contributed by atoms with Crippen LogP contribution in [0, 0.1) is 12.8 Å². The molecule has 1 rings (SSSR count). The molecule has 0 aliphatic rings. The highest BCUT2D eigenvalue weighted by atomic mass is 35.5. The summed E-state index contributed by atoms with van der Waals surface area (Å²) in [5, 5.41) is 0.178. The summed E-state index contributed by atoms with van der Waals surface area (Å²) in [6, 6.07) is 1.32. The van der Waals surface area contributed by atoms with Crippen molar-refractivity contribution in [3.63, 3.8) is 0 Å². The van der Waals surface area contributed by atoms with E-state index in [-0.39, 0.29) is 23.0 Å². The number of rotatable bonds is 6. The van der Waals surface area contributed by atoms with E-state index in [4.69, 9.17) is 11.6 Å². The lowest BCUT2D eigenvalue weighted by atomic mass is 10.0. The highest BCUT2D eigenvalue weighted by Gasteiger charge is 2.31. The van der Waals surface area contributed by atoms with Crippen LogP contribution in [0.4, 0.5) is 13.2 Å². The van der Waals surface area contributed by atoms with Crippen molar-refractivity contribution < 1.29 is 21.6 Å². The zero-order valence-corrected chi connectivity index (χ0v) is 13.1. The SMILES string of the molecule is CCC(CNS(=O)(=O)c1cnc(Cl)c(C)c1)CC(F)(F)F. The standard InChI is InChI=1S/C12H16ClF3N2O2S/c1-3-9(5-12(14,15)16)6-18-21(19,20)10-4-8(2)11(13)17-7-10/h4,7,9,18H,3,5-6H2,1-2H3. The fraction of sp³-hybridized carbons (Fsp3) is 0.583. The molecular weight excluding hydrogens is 329 g/mol. The number of aromatic nitrogens is 1. The summed E-state index contributed by atoms with van der Waals surface area (Å²) in [4.78, 5) is 3.60. The van der Waals surface area contributed by atoms with Gasteiger partial charge < -0.3 is 0 Å². The number of hydrogen-bond acceptors (Lipinski definition) is 3. The van der Waals surface area contributed by atoms with E-state index in [0.29, 0.717) is 5.56 Å². The van der Waals surface area contributed by atoms with Crippen LogP contribution in [0.25, 0.3) is 0 Å². The van der Waals surface area contributed by atoms with Crippen LogP contribution in [-0.4, -0.2) is 26.1 Å². The molecule has 0 saturated heterocycles. The van der Waals surface area contributed by atoms with Gasteiger partial charge in [0.2, 0.25) is 10.0 Å². The van der Waals surface area contributed by atoms with Gasteiger partial charge in [-0.05, 0) is 24.5 Å². The fourth-order valence-corrected chi connectivity index (χ4v) is 2.93. The molecule has 0 aliphatic heterocycles. The van der Waals surface area contributed by atoms with Crippen LogP contribution in [-0.2, 0) is 10.0 Å². The summed E-state index contributed by atoms with van der Waals surface area (Å²) < 4.78 is 63.2. The smallest absolute Gasteiger partial charge is 0.243 e. The molecule has 21 heavy (non-hydrogen) atoms. The van der Waals surface area contributed by atoms with Gasteiger partial charge in [-0.15, -0.1) is 0 Å². The molecule has 1 unspecified atom stereocenters. The van der Waals surface area contributed by atoms with E-state index in [1.165, 1.54) is 6.07 Å². The average molecular weight is 345 g/mol. The third-order valence-electron chi connectivity index (χ3n) is 2.96. The Morgan fingerprint density at radius 3 is 2.52 bits per heavy atom. The lowest BCUT2D eigenvalue weighted by molar-refractivity contribution is -0.144. The Balaban J connectivity index is 2.78. The first-order valence-corrected chi connectivity index (χ1v) is 8.10. The Morgan fingerprint density at radius 1 is 1.43 bits per heavy atom. The van der Waals surface area contributed by atoms with Crippen LogP contribution in [0.2, 0.25) is 5.15 Å². The molecular formula is C12H16ClF3N2O2S. The predicted octanol–water partition coefficient (Wildman–Crippen LogP) is 3.30. The number of halogens is 4. The quantitative estimate of drug-likeness (QED) is 0.805. The second-order valence-electron chi connectivity index (χ2n) is 4.72. The normalized spacial score (nSPS) is 14.2. The molecule has 0 aliphatic carbocycles. The van der Waals surface area contributed by atoms with Crippen LogP contribution in [0.15, 0.2) is 17.2 Å². The van der Waals surface area contributed by atoms with Gasteiger partial charge in [0.1, 0.15) is 10.0 Å². The van der Waals surface area contributed by atoms with Crippen molar-refractivity contribution in [1.82, 2.24) is 9.71 Å². The van der Waals surface area contributed by atoms with Crippen LogP contribution in [0.3, 0.4) is 0 Å². The number of nitrogens with zero attached hydrogens (tertiary/aromatic N) is 1. The van der Waals surface area contributed by atoms with Crippen LogP contribution < -0.4 is 4.72 Å². The fourth-order valence-electron chi connectivity index (χ4n) is 1.68. The first kappa shape index (κ1) is 18.2. The second kappa shape index (κ2) is 6.93. The van der Waals surface area contributed by atoms with Crippen molar-refractivity contribution in [1.29, 1.82) is 0 Å². The van der Waals surface area contributed by atoms with Crippen molar-refractivity contribution in [2.24, 2.45) is 5.92 Å². The van der Waals surface area contributed by atoms with Crippen molar-refractivity contribution >= 4 is 21.6 Å². The molecule has 0 aromatic carbocycles. The topological polar surface area (TPSA) is 59.1 Å². The Hall–Kier alpha value is -0.860. The van der Waals surface area contributed by atoms with Crippen LogP contribution in [0.5, 0.6) is 0 Å².